The third kappa shape index (κ3) is 6.71. The second-order valence-corrected chi connectivity index (χ2v) is 6.79. The van der Waals surface area contributed by atoms with Crippen LogP contribution in [-0.2, 0) is 19.1 Å². The number of unbranched alkanes of at least 4 members (excludes halogenated alkanes) is 2. The number of hydrogen-bond donors (Lipinski definition) is 1. The third-order valence-electron chi connectivity index (χ3n) is 4.27. The summed E-state index contributed by atoms with van der Waals surface area (Å²) >= 11 is 5.85. The largest absolute Gasteiger partial charge is 0.466 e. The number of hydrogen-bond acceptors (Lipinski definition) is 4. The molecule has 1 aliphatic heterocycles. The quantitative estimate of drug-likeness (QED) is 0.419. The average molecular weight is 393 g/mol. The van der Waals surface area contributed by atoms with Crippen molar-refractivity contribution >= 4 is 35.5 Å². The Morgan fingerprint density at radius 3 is 2.74 bits per heavy atom. The summed E-state index contributed by atoms with van der Waals surface area (Å²) in [5.74, 6) is -1.11. The van der Waals surface area contributed by atoms with Crippen LogP contribution in [0.3, 0.4) is 0 Å². The van der Waals surface area contributed by atoms with Crippen LogP contribution in [0.1, 0.15) is 38.2 Å². The van der Waals surface area contributed by atoms with E-state index in [2.05, 4.69) is 12.2 Å². The molecule has 0 spiro atoms. The van der Waals surface area contributed by atoms with Crippen molar-refractivity contribution in [2.45, 2.75) is 38.6 Å². The number of carbonyl (C=O) groups excluding carboxylic acids is 3. The number of carbonyl (C=O) groups is 3. The highest BCUT2D eigenvalue weighted by molar-refractivity contribution is 6.30. The van der Waals surface area contributed by atoms with Crippen LogP contribution in [0.15, 0.2) is 30.3 Å². The standard InChI is InChI=1S/C20H25ClN2O4/c1-2-3-4-13-27-19(25)14-17-20(26)22-11-12-23(17)18(24)10-7-15-5-8-16(21)9-6-15/h5-10,17H,2-4,11-14H2,1H3,(H,22,26)/b10-7+. The molecule has 1 heterocycles. The molecule has 27 heavy (non-hydrogen) atoms. The lowest BCUT2D eigenvalue weighted by Crippen LogP contribution is -2.57. The van der Waals surface area contributed by atoms with Crippen LogP contribution in [0.5, 0.6) is 0 Å². The summed E-state index contributed by atoms with van der Waals surface area (Å²) in [6.07, 6.45) is 5.74. The lowest BCUT2D eigenvalue weighted by Gasteiger charge is -2.33. The molecule has 146 valence electrons. The topological polar surface area (TPSA) is 75.7 Å². The lowest BCUT2D eigenvalue weighted by atomic mass is 10.1. The van der Waals surface area contributed by atoms with E-state index in [4.69, 9.17) is 16.3 Å². The van der Waals surface area contributed by atoms with E-state index in [1.54, 1.807) is 30.3 Å². The molecule has 0 radical (unpaired) electrons. The van der Waals surface area contributed by atoms with Gasteiger partial charge in [-0.15, -0.1) is 0 Å². The molecule has 7 heteroatoms. The summed E-state index contributed by atoms with van der Waals surface area (Å²) in [4.78, 5) is 38.2. The molecule has 2 amide bonds. The van der Waals surface area contributed by atoms with Crippen LogP contribution < -0.4 is 5.32 Å². The van der Waals surface area contributed by atoms with Gasteiger partial charge in [-0.25, -0.2) is 0 Å². The van der Waals surface area contributed by atoms with Gasteiger partial charge in [-0.3, -0.25) is 14.4 Å². The van der Waals surface area contributed by atoms with Crippen LogP contribution >= 0.6 is 11.6 Å². The highest BCUT2D eigenvalue weighted by Gasteiger charge is 2.34. The zero-order valence-corrected chi connectivity index (χ0v) is 16.2. The van der Waals surface area contributed by atoms with Crippen LogP contribution in [-0.4, -0.2) is 48.4 Å². The van der Waals surface area contributed by atoms with Gasteiger partial charge in [0.2, 0.25) is 11.8 Å². The van der Waals surface area contributed by atoms with Crippen LogP contribution in [0, 0.1) is 0 Å². The minimum Gasteiger partial charge on any atom is -0.466 e. The predicted octanol–water partition coefficient (Wildman–Crippen LogP) is 2.80. The van der Waals surface area contributed by atoms with Crippen molar-refractivity contribution in [3.05, 3.63) is 40.9 Å². The number of ether oxygens (including phenoxy) is 1. The summed E-state index contributed by atoms with van der Waals surface area (Å²) in [6.45, 7) is 3.12. The fraction of sp³-hybridized carbons (Fsp3) is 0.450. The number of amides is 2. The van der Waals surface area contributed by atoms with Crippen LogP contribution in [0.2, 0.25) is 5.02 Å². The Bertz CT molecular complexity index is 688. The first-order chi connectivity index (χ1) is 13.0. The van der Waals surface area contributed by atoms with Gasteiger partial charge in [0.05, 0.1) is 13.0 Å². The fourth-order valence-electron chi connectivity index (χ4n) is 2.77. The maximum Gasteiger partial charge on any atom is 0.308 e. The molecule has 1 aliphatic rings. The van der Waals surface area contributed by atoms with Gasteiger partial charge in [0.1, 0.15) is 6.04 Å². The van der Waals surface area contributed by atoms with E-state index in [1.165, 1.54) is 11.0 Å². The maximum atomic E-state index is 12.6. The summed E-state index contributed by atoms with van der Waals surface area (Å²) in [6, 6.07) is 6.20. The van der Waals surface area contributed by atoms with E-state index in [9.17, 15) is 14.4 Å². The lowest BCUT2D eigenvalue weighted by molar-refractivity contribution is -0.150. The zero-order valence-electron chi connectivity index (χ0n) is 15.4. The van der Waals surface area contributed by atoms with Gasteiger partial charge in [-0.05, 0) is 30.2 Å². The van der Waals surface area contributed by atoms with Gasteiger partial charge in [0.15, 0.2) is 0 Å². The van der Waals surface area contributed by atoms with Crippen molar-refractivity contribution in [1.29, 1.82) is 0 Å². The molecule has 1 aromatic carbocycles. The average Bonchev–Trinajstić information content (AvgIpc) is 2.66. The first-order valence-corrected chi connectivity index (χ1v) is 9.56. The SMILES string of the molecule is CCCCCOC(=O)CC1C(=O)NCCN1C(=O)/C=C/c1ccc(Cl)cc1. The number of rotatable bonds is 8. The minimum absolute atomic E-state index is 0.140. The first-order valence-electron chi connectivity index (χ1n) is 9.19. The number of benzene rings is 1. The Morgan fingerprint density at radius 2 is 2.04 bits per heavy atom. The van der Waals surface area contributed by atoms with E-state index in [0.29, 0.717) is 24.7 Å². The highest BCUT2D eigenvalue weighted by Crippen LogP contribution is 2.14. The van der Waals surface area contributed by atoms with E-state index in [-0.39, 0.29) is 18.2 Å². The third-order valence-corrected chi connectivity index (χ3v) is 4.53. The van der Waals surface area contributed by atoms with E-state index in [0.717, 1.165) is 24.8 Å². The Kier molecular flexibility index (Phi) is 8.33. The van der Waals surface area contributed by atoms with Gasteiger partial charge >= 0.3 is 5.97 Å². The maximum absolute atomic E-state index is 12.6. The Morgan fingerprint density at radius 1 is 1.30 bits per heavy atom. The van der Waals surface area contributed by atoms with Crippen LogP contribution in [0.4, 0.5) is 0 Å². The highest BCUT2D eigenvalue weighted by atomic mass is 35.5. The number of nitrogens with one attached hydrogen (secondary N) is 1. The van der Waals surface area contributed by atoms with Crippen molar-refractivity contribution < 1.29 is 19.1 Å². The van der Waals surface area contributed by atoms with Gasteiger partial charge in [-0.2, -0.15) is 0 Å². The van der Waals surface area contributed by atoms with Gasteiger partial charge in [0.25, 0.3) is 0 Å². The molecule has 1 aromatic rings. The fourth-order valence-corrected chi connectivity index (χ4v) is 2.90. The molecule has 6 nitrogen and oxygen atoms in total. The first kappa shape index (κ1) is 21.0. The number of halogens is 1. The Labute approximate surface area is 164 Å². The van der Waals surface area contributed by atoms with E-state index >= 15 is 0 Å². The minimum atomic E-state index is -0.847. The molecule has 0 saturated carbocycles. The Balaban J connectivity index is 1.97. The molecule has 1 saturated heterocycles. The normalized spacial score (nSPS) is 17.0. The van der Waals surface area contributed by atoms with E-state index < -0.39 is 12.0 Å². The molecule has 1 N–H and O–H groups in total. The number of esters is 1. The van der Waals surface area contributed by atoms with Crippen molar-refractivity contribution in [3.63, 3.8) is 0 Å². The molecule has 2 rings (SSSR count). The van der Waals surface area contributed by atoms with Crippen molar-refractivity contribution in [1.82, 2.24) is 10.2 Å². The van der Waals surface area contributed by atoms with Crippen LogP contribution in [0.25, 0.3) is 6.08 Å². The number of piperazine rings is 1. The van der Waals surface area contributed by atoms with Crippen molar-refractivity contribution in [2.75, 3.05) is 19.7 Å². The predicted molar refractivity (Wildman–Crippen MR) is 104 cm³/mol. The van der Waals surface area contributed by atoms with E-state index in [1.807, 2.05) is 0 Å². The smallest absolute Gasteiger partial charge is 0.308 e. The van der Waals surface area contributed by atoms with Gasteiger partial charge < -0.3 is 15.0 Å². The second kappa shape index (κ2) is 10.7. The molecule has 1 atom stereocenters. The zero-order chi connectivity index (χ0) is 19.6. The molecule has 1 fully saturated rings. The van der Waals surface area contributed by atoms with Gasteiger partial charge in [-0.1, -0.05) is 43.5 Å². The molecular formula is C20H25ClN2O4. The van der Waals surface area contributed by atoms with Crippen molar-refractivity contribution in [2.24, 2.45) is 0 Å². The molecule has 0 bridgehead atoms. The number of nitrogens with zero attached hydrogens (tertiary/aromatic N) is 1. The molecule has 0 aliphatic carbocycles. The monoisotopic (exact) mass is 392 g/mol. The summed E-state index contributed by atoms with van der Waals surface area (Å²) in [5, 5.41) is 3.31. The Hall–Kier alpha value is -2.34. The summed E-state index contributed by atoms with van der Waals surface area (Å²) < 4.78 is 5.18. The molecule has 1 unspecified atom stereocenters. The van der Waals surface area contributed by atoms with Gasteiger partial charge in [0, 0.05) is 24.2 Å². The molecule has 0 aromatic heterocycles. The van der Waals surface area contributed by atoms with Crippen molar-refractivity contribution in [3.8, 4) is 0 Å². The summed E-state index contributed by atoms with van der Waals surface area (Å²) in [5.41, 5.74) is 0.820. The molecular weight excluding hydrogens is 368 g/mol. The second-order valence-electron chi connectivity index (χ2n) is 6.36. The summed E-state index contributed by atoms with van der Waals surface area (Å²) in [7, 11) is 0.